The monoisotopic (exact) mass is 276 g/mol. The van der Waals surface area contributed by atoms with E-state index in [4.69, 9.17) is 10.5 Å². The molecule has 112 valence electrons. The number of hydrogen-bond acceptors (Lipinski definition) is 3. The van der Waals surface area contributed by atoms with Gasteiger partial charge in [0.2, 0.25) is 0 Å². The van der Waals surface area contributed by atoms with Gasteiger partial charge in [0, 0.05) is 26.2 Å². The molecule has 1 heterocycles. The fourth-order valence-corrected chi connectivity index (χ4v) is 3.12. The van der Waals surface area contributed by atoms with Crippen LogP contribution in [0.4, 0.5) is 0 Å². The SMILES string of the molecule is COC1CN(C(CN)CCc2ccccc2)CCC1C. The predicted octanol–water partition coefficient (Wildman–Crippen LogP) is 2.30. The van der Waals surface area contributed by atoms with Gasteiger partial charge in [-0.25, -0.2) is 0 Å². The van der Waals surface area contributed by atoms with Gasteiger partial charge in [0.15, 0.2) is 0 Å². The summed E-state index contributed by atoms with van der Waals surface area (Å²) in [4.78, 5) is 2.52. The summed E-state index contributed by atoms with van der Waals surface area (Å²) in [5.41, 5.74) is 7.41. The molecule has 0 radical (unpaired) electrons. The van der Waals surface area contributed by atoms with E-state index < -0.39 is 0 Å². The van der Waals surface area contributed by atoms with E-state index in [1.807, 2.05) is 7.11 Å². The van der Waals surface area contributed by atoms with E-state index in [-0.39, 0.29) is 0 Å². The number of nitrogens with two attached hydrogens (primary N) is 1. The molecule has 3 nitrogen and oxygen atoms in total. The van der Waals surface area contributed by atoms with Crippen molar-refractivity contribution in [3.05, 3.63) is 35.9 Å². The first-order chi connectivity index (χ1) is 9.74. The second-order valence-corrected chi connectivity index (χ2v) is 5.95. The second-order valence-electron chi connectivity index (χ2n) is 5.95. The van der Waals surface area contributed by atoms with Crippen LogP contribution in [0.25, 0.3) is 0 Å². The molecule has 3 heteroatoms. The largest absolute Gasteiger partial charge is 0.380 e. The summed E-state index contributed by atoms with van der Waals surface area (Å²) in [7, 11) is 1.83. The normalized spacial score (nSPS) is 25.6. The predicted molar refractivity (Wildman–Crippen MR) is 83.8 cm³/mol. The number of likely N-dealkylation sites (tertiary alicyclic amines) is 1. The summed E-state index contributed by atoms with van der Waals surface area (Å²) in [6.45, 7) is 5.19. The molecule has 1 saturated heterocycles. The Kier molecular flexibility index (Phi) is 6.02. The van der Waals surface area contributed by atoms with E-state index in [9.17, 15) is 0 Å². The van der Waals surface area contributed by atoms with E-state index in [0.717, 1.165) is 32.5 Å². The number of benzene rings is 1. The van der Waals surface area contributed by atoms with Crippen molar-refractivity contribution in [2.75, 3.05) is 26.7 Å². The molecular formula is C17H28N2O. The molecule has 0 amide bonds. The molecule has 1 aliphatic heterocycles. The molecular weight excluding hydrogens is 248 g/mol. The van der Waals surface area contributed by atoms with Crippen LogP contribution >= 0.6 is 0 Å². The van der Waals surface area contributed by atoms with Crippen LogP contribution in [0.1, 0.15) is 25.3 Å². The molecule has 0 saturated carbocycles. The number of aryl methyl sites for hydroxylation is 1. The minimum absolute atomic E-state index is 0.356. The van der Waals surface area contributed by atoms with Crippen LogP contribution in [0.5, 0.6) is 0 Å². The zero-order chi connectivity index (χ0) is 14.4. The third-order valence-corrected chi connectivity index (χ3v) is 4.62. The Morgan fingerprint density at radius 2 is 2.10 bits per heavy atom. The average Bonchev–Trinajstić information content (AvgIpc) is 2.50. The highest BCUT2D eigenvalue weighted by atomic mass is 16.5. The molecule has 0 aromatic heterocycles. The van der Waals surface area contributed by atoms with Crippen LogP contribution in [0, 0.1) is 5.92 Å². The molecule has 1 fully saturated rings. The van der Waals surface area contributed by atoms with Crippen LogP contribution in [-0.2, 0) is 11.2 Å². The summed E-state index contributed by atoms with van der Waals surface area (Å²) in [6, 6.07) is 11.2. The van der Waals surface area contributed by atoms with Crippen molar-refractivity contribution in [2.24, 2.45) is 11.7 Å². The van der Waals surface area contributed by atoms with E-state index in [2.05, 4.69) is 42.2 Å². The molecule has 0 bridgehead atoms. The maximum absolute atomic E-state index is 6.01. The molecule has 2 rings (SSSR count). The Bertz CT molecular complexity index is 382. The average molecular weight is 276 g/mol. The number of methoxy groups -OCH3 is 1. The number of rotatable bonds is 6. The van der Waals surface area contributed by atoms with Crippen LogP contribution < -0.4 is 5.73 Å². The molecule has 1 aliphatic rings. The van der Waals surface area contributed by atoms with Gasteiger partial charge in [-0.05, 0) is 37.3 Å². The van der Waals surface area contributed by atoms with Crippen molar-refractivity contribution in [2.45, 2.75) is 38.3 Å². The minimum Gasteiger partial charge on any atom is -0.380 e. The first-order valence-electron chi connectivity index (χ1n) is 7.75. The molecule has 0 aliphatic carbocycles. The van der Waals surface area contributed by atoms with Gasteiger partial charge < -0.3 is 10.5 Å². The summed E-state index contributed by atoms with van der Waals surface area (Å²) >= 11 is 0. The van der Waals surface area contributed by atoms with Gasteiger partial charge in [0.1, 0.15) is 0 Å². The van der Waals surface area contributed by atoms with Gasteiger partial charge in [0.05, 0.1) is 6.10 Å². The zero-order valence-corrected chi connectivity index (χ0v) is 12.8. The Labute approximate surface area is 123 Å². The van der Waals surface area contributed by atoms with Crippen LogP contribution in [0.3, 0.4) is 0 Å². The van der Waals surface area contributed by atoms with Crippen molar-refractivity contribution < 1.29 is 4.74 Å². The topological polar surface area (TPSA) is 38.5 Å². The Morgan fingerprint density at radius 1 is 1.35 bits per heavy atom. The maximum Gasteiger partial charge on any atom is 0.0724 e. The van der Waals surface area contributed by atoms with Crippen molar-refractivity contribution in [1.29, 1.82) is 0 Å². The maximum atomic E-state index is 6.01. The second kappa shape index (κ2) is 7.77. The van der Waals surface area contributed by atoms with E-state index in [1.54, 1.807) is 0 Å². The van der Waals surface area contributed by atoms with Crippen molar-refractivity contribution in [3.8, 4) is 0 Å². The molecule has 3 atom stereocenters. The standard InChI is InChI=1S/C17H28N2O/c1-14-10-11-19(13-17(14)20-2)16(12-18)9-8-15-6-4-3-5-7-15/h3-7,14,16-17H,8-13,18H2,1-2H3. The van der Waals surface area contributed by atoms with Crippen LogP contribution in [0.15, 0.2) is 30.3 Å². The number of nitrogens with zero attached hydrogens (tertiary/aromatic N) is 1. The van der Waals surface area contributed by atoms with Crippen molar-refractivity contribution >= 4 is 0 Å². The number of piperidine rings is 1. The van der Waals surface area contributed by atoms with Gasteiger partial charge in [-0.3, -0.25) is 4.90 Å². The highest BCUT2D eigenvalue weighted by molar-refractivity contribution is 5.14. The van der Waals surface area contributed by atoms with Gasteiger partial charge in [-0.15, -0.1) is 0 Å². The van der Waals surface area contributed by atoms with E-state index >= 15 is 0 Å². The quantitative estimate of drug-likeness (QED) is 0.866. The summed E-state index contributed by atoms with van der Waals surface area (Å²) in [6.07, 6.45) is 3.80. The first kappa shape index (κ1) is 15.5. The Hall–Kier alpha value is -0.900. The van der Waals surface area contributed by atoms with E-state index in [1.165, 1.54) is 12.0 Å². The summed E-state index contributed by atoms with van der Waals surface area (Å²) < 4.78 is 5.61. The highest BCUT2D eigenvalue weighted by Gasteiger charge is 2.29. The fraction of sp³-hybridized carbons (Fsp3) is 0.647. The molecule has 2 N–H and O–H groups in total. The van der Waals surface area contributed by atoms with Crippen LogP contribution in [0.2, 0.25) is 0 Å². The lowest BCUT2D eigenvalue weighted by atomic mass is 9.93. The van der Waals surface area contributed by atoms with Crippen LogP contribution in [-0.4, -0.2) is 43.8 Å². The number of ether oxygens (including phenoxy) is 1. The van der Waals surface area contributed by atoms with Crippen molar-refractivity contribution in [3.63, 3.8) is 0 Å². The lowest BCUT2D eigenvalue weighted by Gasteiger charge is -2.40. The third-order valence-electron chi connectivity index (χ3n) is 4.62. The van der Waals surface area contributed by atoms with Gasteiger partial charge in [-0.1, -0.05) is 37.3 Å². The highest BCUT2D eigenvalue weighted by Crippen LogP contribution is 2.22. The zero-order valence-electron chi connectivity index (χ0n) is 12.8. The molecule has 3 unspecified atom stereocenters. The fourth-order valence-electron chi connectivity index (χ4n) is 3.12. The smallest absolute Gasteiger partial charge is 0.0724 e. The minimum atomic E-state index is 0.356. The summed E-state index contributed by atoms with van der Waals surface area (Å²) in [5, 5.41) is 0. The third kappa shape index (κ3) is 4.05. The first-order valence-corrected chi connectivity index (χ1v) is 7.75. The number of hydrogen-bond donors (Lipinski definition) is 1. The Morgan fingerprint density at radius 3 is 2.75 bits per heavy atom. The molecule has 1 aromatic carbocycles. The summed E-state index contributed by atoms with van der Waals surface area (Å²) in [5.74, 6) is 0.656. The van der Waals surface area contributed by atoms with Crippen molar-refractivity contribution in [1.82, 2.24) is 4.90 Å². The lowest BCUT2D eigenvalue weighted by Crippen LogP contribution is -2.51. The molecule has 1 aromatic rings. The van der Waals surface area contributed by atoms with E-state index in [0.29, 0.717) is 18.1 Å². The van der Waals surface area contributed by atoms with Gasteiger partial charge in [-0.2, -0.15) is 0 Å². The van der Waals surface area contributed by atoms with Gasteiger partial charge >= 0.3 is 0 Å². The lowest BCUT2D eigenvalue weighted by molar-refractivity contribution is -0.0188. The molecule has 20 heavy (non-hydrogen) atoms. The molecule has 0 spiro atoms. The van der Waals surface area contributed by atoms with Gasteiger partial charge in [0.25, 0.3) is 0 Å². The Balaban J connectivity index is 1.88.